The summed E-state index contributed by atoms with van der Waals surface area (Å²) >= 11 is 0. The molecule has 0 atom stereocenters. The van der Waals surface area contributed by atoms with Gasteiger partial charge in [-0.05, 0) is 19.1 Å². The molecule has 0 saturated heterocycles. The van der Waals surface area contributed by atoms with Gasteiger partial charge in [0.2, 0.25) is 5.91 Å². The van der Waals surface area contributed by atoms with Crippen LogP contribution in [0.15, 0.2) is 41.8 Å². The third-order valence-corrected chi connectivity index (χ3v) is 4.15. The van der Waals surface area contributed by atoms with E-state index in [2.05, 4.69) is 11.9 Å². The van der Waals surface area contributed by atoms with E-state index in [1.807, 2.05) is 6.92 Å². The first-order valence-corrected chi connectivity index (χ1v) is 7.28. The molecule has 18 heavy (non-hydrogen) atoms. The van der Waals surface area contributed by atoms with Crippen molar-refractivity contribution in [3.8, 4) is 0 Å². The van der Waals surface area contributed by atoms with Gasteiger partial charge in [0, 0.05) is 13.0 Å². The van der Waals surface area contributed by atoms with Gasteiger partial charge in [0.1, 0.15) is 0 Å². The van der Waals surface area contributed by atoms with Crippen molar-refractivity contribution >= 4 is 15.7 Å². The minimum absolute atomic E-state index is 0.0376. The highest BCUT2D eigenvalue weighted by Crippen LogP contribution is 2.12. The zero-order chi connectivity index (χ0) is 13.6. The van der Waals surface area contributed by atoms with E-state index in [9.17, 15) is 13.2 Å². The second kappa shape index (κ2) is 6.35. The summed E-state index contributed by atoms with van der Waals surface area (Å²) in [5.74, 6) is -0.468. The van der Waals surface area contributed by atoms with Crippen molar-refractivity contribution < 1.29 is 13.2 Å². The summed E-state index contributed by atoms with van der Waals surface area (Å²) in [5, 5.41) is 2.54. The van der Waals surface area contributed by atoms with Crippen molar-refractivity contribution in [3.63, 3.8) is 0 Å². The molecule has 1 aromatic carbocycles. The molecule has 4 nitrogen and oxygen atoms in total. The van der Waals surface area contributed by atoms with E-state index in [1.165, 1.54) is 0 Å². The molecule has 1 amide bonds. The van der Waals surface area contributed by atoms with E-state index in [-0.39, 0.29) is 23.0 Å². The number of benzene rings is 1. The van der Waals surface area contributed by atoms with Gasteiger partial charge < -0.3 is 5.32 Å². The zero-order valence-corrected chi connectivity index (χ0v) is 11.2. The Morgan fingerprint density at radius 3 is 2.50 bits per heavy atom. The van der Waals surface area contributed by atoms with Crippen molar-refractivity contribution in [2.75, 3.05) is 12.3 Å². The number of hydrogen-bond acceptors (Lipinski definition) is 3. The van der Waals surface area contributed by atoms with Gasteiger partial charge in [-0.25, -0.2) is 8.42 Å². The van der Waals surface area contributed by atoms with Gasteiger partial charge in [0.25, 0.3) is 0 Å². The molecule has 1 rings (SSSR count). The van der Waals surface area contributed by atoms with Crippen molar-refractivity contribution in [2.45, 2.75) is 18.2 Å². The third-order valence-electron chi connectivity index (χ3n) is 2.42. The Morgan fingerprint density at radius 1 is 1.33 bits per heavy atom. The van der Waals surface area contributed by atoms with Crippen LogP contribution in [0.3, 0.4) is 0 Å². The molecule has 1 aromatic rings. The van der Waals surface area contributed by atoms with Crippen molar-refractivity contribution in [2.24, 2.45) is 0 Å². The zero-order valence-electron chi connectivity index (χ0n) is 10.3. The highest BCUT2D eigenvalue weighted by atomic mass is 32.2. The first-order valence-electron chi connectivity index (χ1n) is 5.63. The third kappa shape index (κ3) is 4.33. The molecule has 0 radical (unpaired) electrons. The summed E-state index contributed by atoms with van der Waals surface area (Å²) in [5.41, 5.74) is 0.998. The van der Waals surface area contributed by atoms with Gasteiger partial charge in [0.15, 0.2) is 9.84 Å². The number of carbonyl (C=O) groups excluding carboxylic acids is 1. The lowest BCUT2D eigenvalue weighted by Gasteiger charge is -2.05. The molecule has 0 aromatic heterocycles. The summed E-state index contributed by atoms with van der Waals surface area (Å²) in [6.45, 7) is 5.70. The quantitative estimate of drug-likeness (QED) is 0.794. The minimum Gasteiger partial charge on any atom is -0.353 e. The Hall–Kier alpha value is -1.62. The Kier molecular flexibility index (Phi) is 5.09. The van der Waals surface area contributed by atoms with E-state index in [0.717, 1.165) is 5.56 Å². The molecular formula is C13H17NO3S. The Morgan fingerprint density at radius 2 is 1.94 bits per heavy atom. The van der Waals surface area contributed by atoms with E-state index in [1.54, 1.807) is 30.3 Å². The number of hydrogen-bond donors (Lipinski definition) is 1. The summed E-state index contributed by atoms with van der Waals surface area (Å²) in [4.78, 5) is 11.6. The molecule has 0 bridgehead atoms. The number of aryl methyl sites for hydroxylation is 1. The molecule has 0 fully saturated rings. The fourth-order valence-electron chi connectivity index (χ4n) is 1.36. The van der Waals surface area contributed by atoms with Crippen LogP contribution in [-0.2, 0) is 14.6 Å². The second-order valence-corrected chi connectivity index (χ2v) is 6.08. The van der Waals surface area contributed by atoms with Crippen LogP contribution < -0.4 is 5.32 Å². The average Bonchev–Trinajstić information content (AvgIpc) is 2.34. The number of amides is 1. The number of carbonyl (C=O) groups is 1. The normalized spacial score (nSPS) is 10.9. The second-order valence-electron chi connectivity index (χ2n) is 3.97. The van der Waals surface area contributed by atoms with Crippen LogP contribution in [0.4, 0.5) is 0 Å². The van der Waals surface area contributed by atoms with E-state index >= 15 is 0 Å². The average molecular weight is 267 g/mol. The van der Waals surface area contributed by atoms with Crippen LogP contribution >= 0.6 is 0 Å². The minimum atomic E-state index is -3.38. The largest absolute Gasteiger partial charge is 0.353 e. The SMILES string of the molecule is C=CCNC(=O)CCS(=O)(=O)c1ccc(C)cc1. The maximum absolute atomic E-state index is 11.9. The van der Waals surface area contributed by atoms with Gasteiger partial charge >= 0.3 is 0 Å². The van der Waals surface area contributed by atoms with Crippen molar-refractivity contribution in [1.82, 2.24) is 5.32 Å². The molecule has 0 heterocycles. The predicted octanol–water partition coefficient (Wildman–Crippen LogP) is 1.46. The lowest BCUT2D eigenvalue weighted by atomic mass is 10.2. The van der Waals surface area contributed by atoms with Gasteiger partial charge in [0.05, 0.1) is 10.6 Å². The van der Waals surface area contributed by atoms with Gasteiger partial charge in [-0.2, -0.15) is 0 Å². The molecule has 0 aliphatic heterocycles. The first kappa shape index (κ1) is 14.4. The molecule has 98 valence electrons. The summed E-state index contributed by atoms with van der Waals surface area (Å²) in [7, 11) is -3.38. The molecule has 1 N–H and O–H groups in total. The Balaban J connectivity index is 2.62. The predicted molar refractivity (Wildman–Crippen MR) is 71.1 cm³/mol. The van der Waals surface area contributed by atoms with Gasteiger partial charge in [-0.1, -0.05) is 23.8 Å². The lowest BCUT2D eigenvalue weighted by molar-refractivity contribution is -0.120. The summed E-state index contributed by atoms with van der Waals surface area (Å²) in [6.07, 6.45) is 1.51. The van der Waals surface area contributed by atoms with Crippen molar-refractivity contribution in [3.05, 3.63) is 42.5 Å². The van der Waals surface area contributed by atoms with Gasteiger partial charge in [-0.15, -0.1) is 6.58 Å². The molecular weight excluding hydrogens is 250 g/mol. The fourth-order valence-corrected chi connectivity index (χ4v) is 2.61. The highest BCUT2D eigenvalue weighted by molar-refractivity contribution is 7.91. The number of nitrogens with one attached hydrogen (secondary N) is 1. The highest BCUT2D eigenvalue weighted by Gasteiger charge is 2.15. The Labute approximate surface area is 108 Å². The van der Waals surface area contributed by atoms with E-state index in [0.29, 0.717) is 6.54 Å². The number of rotatable bonds is 6. The number of sulfone groups is 1. The first-order chi connectivity index (χ1) is 8.45. The summed E-state index contributed by atoms with van der Waals surface area (Å²) in [6, 6.07) is 6.61. The molecule has 5 heteroatoms. The molecule has 0 spiro atoms. The molecule has 0 unspecified atom stereocenters. The van der Waals surface area contributed by atoms with Crippen LogP contribution in [-0.4, -0.2) is 26.6 Å². The van der Waals surface area contributed by atoms with Crippen LogP contribution in [0, 0.1) is 6.92 Å². The topological polar surface area (TPSA) is 63.2 Å². The molecule has 0 aliphatic rings. The van der Waals surface area contributed by atoms with Crippen molar-refractivity contribution in [1.29, 1.82) is 0 Å². The van der Waals surface area contributed by atoms with E-state index in [4.69, 9.17) is 0 Å². The lowest BCUT2D eigenvalue weighted by Crippen LogP contribution is -2.25. The van der Waals surface area contributed by atoms with Gasteiger partial charge in [-0.3, -0.25) is 4.79 Å². The molecule has 0 aliphatic carbocycles. The standard InChI is InChI=1S/C13H17NO3S/c1-3-9-14-13(15)8-10-18(16,17)12-6-4-11(2)5-7-12/h3-7H,1,8-10H2,2H3,(H,14,15). The smallest absolute Gasteiger partial charge is 0.221 e. The molecule has 0 saturated carbocycles. The Bertz CT molecular complexity index is 518. The van der Waals surface area contributed by atoms with Crippen LogP contribution in [0.2, 0.25) is 0 Å². The fraction of sp³-hybridized carbons (Fsp3) is 0.308. The maximum atomic E-state index is 11.9. The maximum Gasteiger partial charge on any atom is 0.221 e. The monoisotopic (exact) mass is 267 g/mol. The van der Waals surface area contributed by atoms with Crippen LogP contribution in [0.1, 0.15) is 12.0 Å². The van der Waals surface area contributed by atoms with Crippen LogP contribution in [0.5, 0.6) is 0 Å². The summed E-state index contributed by atoms with van der Waals surface area (Å²) < 4.78 is 23.8. The van der Waals surface area contributed by atoms with Crippen LogP contribution in [0.25, 0.3) is 0 Å². The van der Waals surface area contributed by atoms with E-state index < -0.39 is 9.84 Å².